The zero-order valence-corrected chi connectivity index (χ0v) is 12.1. The van der Waals surface area contributed by atoms with E-state index in [2.05, 4.69) is 26.2 Å². The number of nitrogens with zero attached hydrogens (tertiary/aromatic N) is 1. The van der Waals surface area contributed by atoms with E-state index in [4.69, 9.17) is 23.2 Å². The summed E-state index contributed by atoms with van der Waals surface area (Å²) >= 11 is 15.1. The molecule has 0 fully saturated rings. The van der Waals surface area contributed by atoms with Gasteiger partial charge < -0.3 is 5.32 Å². The predicted molar refractivity (Wildman–Crippen MR) is 76.4 cm³/mol. The molecule has 6 heteroatoms. The first-order chi connectivity index (χ1) is 8.58. The summed E-state index contributed by atoms with van der Waals surface area (Å²) in [5.74, 6) is 0.0413. The van der Waals surface area contributed by atoms with Gasteiger partial charge in [-0.1, -0.05) is 29.3 Å². The maximum Gasteiger partial charge on any atom is 0.258 e. The molecule has 0 saturated carbocycles. The van der Waals surface area contributed by atoms with Gasteiger partial charge in [0.15, 0.2) is 0 Å². The van der Waals surface area contributed by atoms with Gasteiger partial charge in [0.1, 0.15) is 5.82 Å². The highest BCUT2D eigenvalue weighted by Gasteiger charge is 2.12. The summed E-state index contributed by atoms with van der Waals surface area (Å²) in [6.45, 7) is 0. The van der Waals surface area contributed by atoms with Crippen molar-refractivity contribution < 1.29 is 4.79 Å². The van der Waals surface area contributed by atoms with Gasteiger partial charge in [0.05, 0.1) is 10.6 Å². The van der Waals surface area contributed by atoms with Crippen LogP contribution < -0.4 is 5.32 Å². The summed E-state index contributed by atoms with van der Waals surface area (Å²) < 4.78 is 0.663. The Balaban J connectivity index is 2.25. The van der Waals surface area contributed by atoms with Crippen molar-refractivity contribution in [1.82, 2.24) is 4.98 Å². The Kier molecular flexibility index (Phi) is 4.22. The minimum Gasteiger partial charge on any atom is -0.306 e. The summed E-state index contributed by atoms with van der Waals surface area (Å²) in [6.07, 6.45) is 1.51. The van der Waals surface area contributed by atoms with Gasteiger partial charge in [-0.25, -0.2) is 4.98 Å². The first-order valence-electron chi connectivity index (χ1n) is 4.95. The highest BCUT2D eigenvalue weighted by Crippen LogP contribution is 2.26. The molecule has 0 spiro atoms. The van der Waals surface area contributed by atoms with Crippen LogP contribution in [0.5, 0.6) is 0 Å². The Morgan fingerprint density at radius 1 is 1.28 bits per heavy atom. The maximum absolute atomic E-state index is 12.0. The van der Waals surface area contributed by atoms with Crippen LogP contribution in [0.4, 0.5) is 5.82 Å². The van der Waals surface area contributed by atoms with Crippen molar-refractivity contribution in [2.24, 2.45) is 0 Å². The molecule has 3 nitrogen and oxygen atoms in total. The Morgan fingerprint density at radius 3 is 2.78 bits per heavy atom. The van der Waals surface area contributed by atoms with E-state index in [1.165, 1.54) is 6.20 Å². The molecule has 0 aliphatic rings. The van der Waals surface area contributed by atoms with Crippen LogP contribution in [-0.2, 0) is 0 Å². The molecular weight excluding hydrogens is 339 g/mol. The van der Waals surface area contributed by atoms with Crippen LogP contribution >= 0.6 is 39.1 Å². The van der Waals surface area contributed by atoms with Crippen molar-refractivity contribution in [1.29, 1.82) is 0 Å². The van der Waals surface area contributed by atoms with Crippen molar-refractivity contribution in [3.8, 4) is 0 Å². The highest BCUT2D eigenvalue weighted by molar-refractivity contribution is 9.10. The monoisotopic (exact) mass is 344 g/mol. The van der Waals surface area contributed by atoms with E-state index in [0.29, 0.717) is 25.9 Å². The SMILES string of the molecule is O=C(Nc1cc(Cl)ccn1)c1cccc(Br)c1Cl. The molecule has 0 unspecified atom stereocenters. The lowest BCUT2D eigenvalue weighted by Crippen LogP contribution is -2.13. The van der Waals surface area contributed by atoms with Gasteiger partial charge in [-0.05, 0) is 40.2 Å². The summed E-state index contributed by atoms with van der Waals surface area (Å²) in [5, 5.41) is 3.49. The standard InChI is InChI=1S/C12H7BrCl2N2O/c13-9-3-1-2-8(11(9)15)12(18)17-10-6-7(14)4-5-16-10/h1-6H,(H,16,17,18). The van der Waals surface area contributed by atoms with E-state index in [1.807, 2.05) is 0 Å². The lowest BCUT2D eigenvalue weighted by Gasteiger charge is -2.07. The molecule has 2 rings (SSSR count). The third-order valence-corrected chi connectivity index (χ3v) is 3.69. The Bertz CT molecular complexity index is 604. The van der Waals surface area contributed by atoms with Gasteiger partial charge in [0.25, 0.3) is 5.91 Å². The zero-order chi connectivity index (χ0) is 13.1. The molecule has 1 N–H and O–H groups in total. The maximum atomic E-state index is 12.0. The number of amides is 1. The molecule has 0 bridgehead atoms. The number of aromatic nitrogens is 1. The van der Waals surface area contributed by atoms with E-state index in [9.17, 15) is 4.79 Å². The topological polar surface area (TPSA) is 42.0 Å². The van der Waals surface area contributed by atoms with Crippen molar-refractivity contribution >= 4 is 50.9 Å². The minimum absolute atomic E-state index is 0.337. The fourth-order valence-corrected chi connectivity index (χ4v) is 2.07. The van der Waals surface area contributed by atoms with Crippen molar-refractivity contribution in [3.05, 3.63) is 56.6 Å². The number of halogens is 3. The molecule has 1 aromatic heterocycles. The van der Waals surface area contributed by atoms with Gasteiger partial charge >= 0.3 is 0 Å². The molecular formula is C12H7BrCl2N2O. The average Bonchev–Trinajstić information content (AvgIpc) is 2.32. The fourth-order valence-electron chi connectivity index (χ4n) is 1.34. The third-order valence-electron chi connectivity index (χ3n) is 2.16. The van der Waals surface area contributed by atoms with E-state index in [-0.39, 0.29) is 5.91 Å². The lowest BCUT2D eigenvalue weighted by atomic mass is 10.2. The number of rotatable bonds is 2. The molecule has 1 heterocycles. The van der Waals surface area contributed by atoms with Crippen molar-refractivity contribution in [2.45, 2.75) is 0 Å². The second kappa shape index (κ2) is 5.69. The highest BCUT2D eigenvalue weighted by atomic mass is 79.9. The molecule has 2 aromatic rings. The van der Waals surface area contributed by atoms with Gasteiger partial charge in [0.2, 0.25) is 0 Å². The summed E-state index contributed by atoms with van der Waals surface area (Å²) in [4.78, 5) is 16.0. The molecule has 0 aliphatic heterocycles. The summed E-state index contributed by atoms with van der Waals surface area (Å²) in [7, 11) is 0. The van der Waals surface area contributed by atoms with E-state index in [1.54, 1.807) is 30.3 Å². The van der Waals surface area contributed by atoms with Crippen molar-refractivity contribution in [2.75, 3.05) is 5.32 Å². The molecule has 0 radical (unpaired) electrons. The molecule has 0 saturated heterocycles. The van der Waals surface area contributed by atoms with Gasteiger partial charge in [-0.3, -0.25) is 4.79 Å². The quantitative estimate of drug-likeness (QED) is 0.876. The van der Waals surface area contributed by atoms with Crippen LogP contribution in [0.3, 0.4) is 0 Å². The Hall–Kier alpha value is -1.10. The van der Waals surface area contributed by atoms with E-state index >= 15 is 0 Å². The largest absolute Gasteiger partial charge is 0.306 e. The van der Waals surface area contributed by atoms with Crippen LogP contribution in [0.15, 0.2) is 41.0 Å². The number of hydrogen-bond acceptors (Lipinski definition) is 2. The van der Waals surface area contributed by atoms with Crippen molar-refractivity contribution in [3.63, 3.8) is 0 Å². The molecule has 0 aliphatic carbocycles. The second-order valence-corrected chi connectivity index (χ2v) is 5.08. The number of carbonyl (C=O) groups excluding carboxylic acids is 1. The van der Waals surface area contributed by atoms with Crippen LogP contribution in [0.1, 0.15) is 10.4 Å². The molecule has 0 atom stereocenters. The number of nitrogens with one attached hydrogen (secondary N) is 1. The predicted octanol–water partition coefficient (Wildman–Crippen LogP) is 4.40. The first-order valence-corrected chi connectivity index (χ1v) is 6.50. The number of hydrogen-bond donors (Lipinski definition) is 1. The number of benzene rings is 1. The normalized spacial score (nSPS) is 10.2. The van der Waals surface area contributed by atoms with Crippen LogP contribution in [0.2, 0.25) is 10.0 Å². The lowest BCUT2D eigenvalue weighted by molar-refractivity contribution is 0.102. The first kappa shape index (κ1) is 13.3. The number of carbonyl (C=O) groups is 1. The third kappa shape index (κ3) is 3.02. The minimum atomic E-state index is -0.337. The average molecular weight is 346 g/mol. The zero-order valence-electron chi connectivity index (χ0n) is 8.95. The molecule has 18 heavy (non-hydrogen) atoms. The molecule has 1 amide bonds. The molecule has 1 aromatic carbocycles. The van der Waals surface area contributed by atoms with E-state index in [0.717, 1.165) is 0 Å². The summed E-state index contributed by atoms with van der Waals surface area (Å²) in [5.41, 5.74) is 0.368. The Labute approximate surface area is 122 Å². The smallest absolute Gasteiger partial charge is 0.258 e. The van der Waals surface area contributed by atoms with E-state index < -0.39 is 0 Å². The van der Waals surface area contributed by atoms with Crippen LogP contribution in [0, 0.1) is 0 Å². The van der Waals surface area contributed by atoms with Crippen LogP contribution in [0.25, 0.3) is 0 Å². The number of pyridine rings is 1. The van der Waals surface area contributed by atoms with Gasteiger partial charge in [0, 0.05) is 15.7 Å². The second-order valence-electron chi connectivity index (χ2n) is 3.41. The van der Waals surface area contributed by atoms with Gasteiger partial charge in [-0.2, -0.15) is 0 Å². The fraction of sp³-hybridized carbons (Fsp3) is 0. The Morgan fingerprint density at radius 2 is 2.06 bits per heavy atom. The number of anilines is 1. The summed E-state index contributed by atoms with van der Waals surface area (Å²) in [6, 6.07) is 8.31. The molecule has 92 valence electrons. The van der Waals surface area contributed by atoms with Crippen LogP contribution in [-0.4, -0.2) is 10.9 Å². The van der Waals surface area contributed by atoms with Gasteiger partial charge in [-0.15, -0.1) is 0 Å².